The van der Waals surface area contributed by atoms with Crippen molar-refractivity contribution in [2.75, 3.05) is 35.4 Å². The van der Waals surface area contributed by atoms with Crippen molar-refractivity contribution in [2.24, 2.45) is 5.10 Å². The van der Waals surface area contributed by atoms with Gasteiger partial charge in [-0.15, -0.1) is 0 Å². The van der Waals surface area contributed by atoms with Crippen molar-refractivity contribution in [2.45, 2.75) is 0 Å². The van der Waals surface area contributed by atoms with Gasteiger partial charge in [0.1, 0.15) is 5.75 Å². The quantitative estimate of drug-likeness (QED) is 0.270. The van der Waals surface area contributed by atoms with Crippen LogP contribution in [0, 0.1) is 0 Å². The maximum atomic E-state index is 9.22. The van der Waals surface area contributed by atoms with E-state index in [9.17, 15) is 13.0 Å². The van der Waals surface area contributed by atoms with Gasteiger partial charge < -0.3 is 9.29 Å². The largest absolute Gasteiger partial charge is 0.726 e. The summed E-state index contributed by atoms with van der Waals surface area (Å²) in [5.74, 6) is 0.868. The zero-order valence-corrected chi connectivity index (χ0v) is 13.0. The van der Waals surface area contributed by atoms with Crippen LogP contribution < -0.4 is 4.74 Å². The Morgan fingerprint density at radius 3 is 1.90 bits per heavy atom. The average molecular weight is 304 g/mol. The van der Waals surface area contributed by atoms with Crippen LogP contribution in [0.25, 0.3) is 0 Å². The first-order valence-electron chi connectivity index (χ1n) is 5.60. The molecule has 0 aliphatic rings. The molecule has 0 aromatic heterocycles. The lowest BCUT2D eigenvalue weighted by Crippen LogP contribution is -2.27. The number of nitrogens with zero attached hydrogens (tertiary/aromatic N) is 2. The standard InChI is InChI=1S/C11H17N2O.CH4O4S/c1-13(2,3)12-9-10-5-7-11(14-4)8-6-10;1-5-6(2,3)4/h5-9H,1-4H3;1H3,(H,2,3,4)/q+1;/p-1/b12-9+;. The molecule has 1 aromatic rings. The SMILES string of the molecule is COS(=O)(=O)[O-].COc1ccc(/C=N/[N+](C)(C)C)cc1. The maximum absolute atomic E-state index is 9.22. The molecule has 20 heavy (non-hydrogen) atoms. The minimum atomic E-state index is -4.41. The highest BCUT2D eigenvalue weighted by Gasteiger charge is 2.01. The van der Waals surface area contributed by atoms with Gasteiger partial charge in [0.15, 0.2) is 0 Å². The summed E-state index contributed by atoms with van der Waals surface area (Å²) >= 11 is 0. The van der Waals surface area contributed by atoms with Gasteiger partial charge in [0.2, 0.25) is 10.4 Å². The van der Waals surface area contributed by atoms with Crippen molar-refractivity contribution < 1.29 is 26.5 Å². The van der Waals surface area contributed by atoms with Crippen molar-refractivity contribution in [1.29, 1.82) is 0 Å². The van der Waals surface area contributed by atoms with Crippen molar-refractivity contribution in [3.63, 3.8) is 0 Å². The Bertz CT molecular complexity index is 518. The van der Waals surface area contributed by atoms with Gasteiger partial charge in [0.05, 0.1) is 41.6 Å². The van der Waals surface area contributed by atoms with Gasteiger partial charge in [0.25, 0.3) is 0 Å². The predicted octanol–water partition coefficient (Wildman–Crippen LogP) is 0.828. The number of hydrogen-bond acceptors (Lipinski definition) is 6. The monoisotopic (exact) mass is 304 g/mol. The summed E-state index contributed by atoms with van der Waals surface area (Å²) in [5, 5.41) is 4.35. The Morgan fingerprint density at radius 1 is 1.15 bits per heavy atom. The molecule has 1 rings (SSSR count). The molecule has 0 saturated heterocycles. The first kappa shape index (κ1) is 18.5. The third kappa shape index (κ3) is 10.4. The van der Waals surface area contributed by atoms with Crippen LogP contribution in [0.1, 0.15) is 5.56 Å². The number of hydrogen-bond donors (Lipinski definition) is 0. The second-order valence-electron chi connectivity index (χ2n) is 4.53. The van der Waals surface area contributed by atoms with Crippen LogP contribution >= 0.6 is 0 Å². The molecule has 0 N–H and O–H groups in total. The molecule has 0 aliphatic carbocycles. The summed E-state index contributed by atoms with van der Waals surface area (Å²) in [7, 11) is 4.10. The Kier molecular flexibility index (Phi) is 7.36. The fraction of sp³-hybridized carbons (Fsp3) is 0.417. The van der Waals surface area contributed by atoms with E-state index in [1.165, 1.54) is 0 Å². The first-order chi connectivity index (χ1) is 9.07. The summed E-state index contributed by atoms with van der Waals surface area (Å²) < 4.78 is 36.7. The number of methoxy groups -OCH3 is 1. The predicted molar refractivity (Wildman–Crippen MR) is 75.3 cm³/mol. The lowest BCUT2D eigenvalue weighted by Gasteiger charge is -2.14. The molecule has 0 radical (unpaired) electrons. The van der Waals surface area contributed by atoms with E-state index in [-0.39, 0.29) is 0 Å². The molecule has 0 unspecified atom stereocenters. The van der Waals surface area contributed by atoms with Gasteiger partial charge in [-0.2, -0.15) is 0 Å². The van der Waals surface area contributed by atoms with E-state index in [4.69, 9.17) is 4.74 Å². The summed E-state index contributed by atoms with van der Waals surface area (Å²) in [6, 6.07) is 7.82. The summed E-state index contributed by atoms with van der Waals surface area (Å²) in [5.41, 5.74) is 1.08. The Balaban J connectivity index is 0.000000511. The lowest BCUT2D eigenvalue weighted by molar-refractivity contribution is -0.876. The van der Waals surface area contributed by atoms with Gasteiger partial charge in [-0.1, -0.05) is 5.10 Å². The van der Waals surface area contributed by atoms with Gasteiger partial charge in [-0.3, -0.25) is 4.18 Å². The van der Waals surface area contributed by atoms with Crippen LogP contribution in [0.5, 0.6) is 5.75 Å². The highest BCUT2D eigenvalue weighted by Crippen LogP contribution is 2.09. The Hall–Kier alpha value is -1.48. The molecule has 0 aliphatic heterocycles. The van der Waals surface area contributed by atoms with Crippen LogP contribution in [0.2, 0.25) is 0 Å². The molecule has 0 fully saturated rings. The number of rotatable bonds is 4. The maximum Gasteiger partial charge on any atom is 0.217 e. The molecule has 0 atom stereocenters. The van der Waals surface area contributed by atoms with Gasteiger partial charge in [0, 0.05) is 0 Å². The van der Waals surface area contributed by atoms with Crippen LogP contribution in [-0.2, 0) is 14.6 Å². The topological polar surface area (TPSA) is 88.0 Å². The van der Waals surface area contributed by atoms with Crippen molar-refractivity contribution in [3.05, 3.63) is 29.8 Å². The third-order valence-corrected chi connectivity index (χ3v) is 2.28. The van der Waals surface area contributed by atoms with Gasteiger partial charge in [-0.25, -0.2) is 13.0 Å². The van der Waals surface area contributed by atoms with Crippen LogP contribution in [0.3, 0.4) is 0 Å². The van der Waals surface area contributed by atoms with Gasteiger partial charge >= 0.3 is 0 Å². The molecular formula is C12H20N2O5S. The van der Waals surface area contributed by atoms with Gasteiger partial charge in [-0.05, 0) is 29.8 Å². The van der Waals surface area contributed by atoms with E-state index in [1.54, 1.807) is 7.11 Å². The van der Waals surface area contributed by atoms with E-state index in [0.29, 0.717) is 4.59 Å². The van der Waals surface area contributed by atoms with E-state index in [2.05, 4.69) is 9.28 Å². The zero-order valence-electron chi connectivity index (χ0n) is 12.2. The van der Waals surface area contributed by atoms with Crippen molar-refractivity contribution in [1.82, 2.24) is 0 Å². The summed E-state index contributed by atoms with van der Waals surface area (Å²) in [6.07, 6.45) is 1.86. The second-order valence-corrected chi connectivity index (χ2v) is 5.68. The Morgan fingerprint density at radius 2 is 1.60 bits per heavy atom. The van der Waals surface area contributed by atoms with Crippen molar-refractivity contribution >= 4 is 16.6 Å². The molecular weight excluding hydrogens is 284 g/mol. The van der Waals surface area contributed by atoms with Crippen LogP contribution in [-0.4, -0.2) is 59.1 Å². The molecule has 8 heteroatoms. The van der Waals surface area contributed by atoms with Crippen molar-refractivity contribution in [3.8, 4) is 5.75 Å². The zero-order chi connectivity index (χ0) is 15.8. The minimum Gasteiger partial charge on any atom is -0.726 e. The first-order valence-corrected chi connectivity index (χ1v) is 6.93. The minimum absolute atomic E-state index is 0.575. The Labute approximate surface area is 120 Å². The summed E-state index contributed by atoms with van der Waals surface area (Å²) in [4.78, 5) is 0. The molecule has 0 bridgehead atoms. The summed E-state index contributed by atoms with van der Waals surface area (Å²) in [6.45, 7) is 0. The fourth-order valence-corrected chi connectivity index (χ4v) is 0.930. The fourth-order valence-electron chi connectivity index (χ4n) is 0.930. The molecule has 1 aromatic carbocycles. The highest BCUT2D eigenvalue weighted by molar-refractivity contribution is 7.80. The van der Waals surface area contributed by atoms with Crippen LogP contribution in [0.4, 0.5) is 0 Å². The molecule has 0 heterocycles. The van der Waals surface area contributed by atoms with Crippen LogP contribution in [0.15, 0.2) is 29.4 Å². The molecule has 0 saturated carbocycles. The number of quaternary nitrogens is 1. The molecule has 114 valence electrons. The van der Waals surface area contributed by atoms with E-state index in [1.807, 2.05) is 51.6 Å². The second kappa shape index (κ2) is 7.95. The third-order valence-electron chi connectivity index (χ3n) is 1.87. The van der Waals surface area contributed by atoms with E-state index >= 15 is 0 Å². The number of benzene rings is 1. The molecule has 7 nitrogen and oxygen atoms in total. The average Bonchev–Trinajstić information content (AvgIpc) is 2.36. The van der Waals surface area contributed by atoms with E-state index in [0.717, 1.165) is 18.4 Å². The lowest BCUT2D eigenvalue weighted by atomic mass is 10.2. The molecule has 0 amide bonds. The highest BCUT2D eigenvalue weighted by atomic mass is 32.3. The normalized spacial score (nSPS) is 11.9. The molecule has 0 spiro atoms. The smallest absolute Gasteiger partial charge is 0.217 e. The number of ether oxygens (including phenoxy) is 1. The van der Waals surface area contributed by atoms with E-state index < -0.39 is 10.4 Å².